The number of morpholine rings is 1. The Morgan fingerprint density at radius 2 is 2.43 bits per heavy atom. The summed E-state index contributed by atoms with van der Waals surface area (Å²) in [7, 11) is 0. The maximum atomic E-state index is 12.2. The number of carbonyl (C=O) groups excluding carboxylic acids is 1. The SMILES string of the molecule is O=C(Cn1nnc(-c2ccco2)n1)N1CCOCC1CO. The quantitative estimate of drug-likeness (QED) is 0.782. The Labute approximate surface area is 120 Å². The van der Waals surface area contributed by atoms with Crippen molar-refractivity contribution >= 4 is 5.91 Å². The summed E-state index contributed by atoms with van der Waals surface area (Å²) >= 11 is 0. The number of amides is 1. The molecular weight excluding hydrogens is 278 g/mol. The van der Waals surface area contributed by atoms with Crippen LogP contribution in [-0.4, -0.2) is 68.5 Å². The Morgan fingerprint density at radius 1 is 1.52 bits per heavy atom. The van der Waals surface area contributed by atoms with E-state index >= 15 is 0 Å². The highest BCUT2D eigenvalue weighted by atomic mass is 16.5. The van der Waals surface area contributed by atoms with E-state index in [-0.39, 0.29) is 25.1 Å². The molecule has 0 aromatic carbocycles. The maximum absolute atomic E-state index is 12.2. The monoisotopic (exact) mass is 293 g/mol. The van der Waals surface area contributed by atoms with Crippen molar-refractivity contribution in [2.75, 3.05) is 26.4 Å². The van der Waals surface area contributed by atoms with Crippen LogP contribution < -0.4 is 0 Å². The highest BCUT2D eigenvalue weighted by Crippen LogP contribution is 2.13. The van der Waals surface area contributed by atoms with Gasteiger partial charge in [0.25, 0.3) is 0 Å². The van der Waals surface area contributed by atoms with Crippen molar-refractivity contribution < 1.29 is 19.1 Å². The molecule has 1 atom stereocenters. The number of rotatable bonds is 4. The molecule has 112 valence electrons. The molecule has 0 spiro atoms. The van der Waals surface area contributed by atoms with Gasteiger partial charge >= 0.3 is 0 Å². The zero-order valence-electron chi connectivity index (χ0n) is 11.3. The summed E-state index contributed by atoms with van der Waals surface area (Å²) in [4.78, 5) is 15.0. The Balaban J connectivity index is 1.67. The number of carbonyl (C=O) groups is 1. The molecule has 3 heterocycles. The second-order valence-electron chi connectivity index (χ2n) is 4.62. The van der Waals surface area contributed by atoms with E-state index in [9.17, 15) is 9.90 Å². The third-order valence-electron chi connectivity index (χ3n) is 3.23. The first-order valence-corrected chi connectivity index (χ1v) is 6.57. The molecule has 1 amide bonds. The summed E-state index contributed by atoms with van der Waals surface area (Å²) < 4.78 is 10.4. The molecule has 9 nitrogen and oxygen atoms in total. The number of hydrogen-bond donors (Lipinski definition) is 1. The highest BCUT2D eigenvalue weighted by molar-refractivity contribution is 5.76. The predicted octanol–water partition coefficient (Wildman–Crippen LogP) is -0.847. The summed E-state index contributed by atoms with van der Waals surface area (Å²) in [6.07, 6.45) is 1.51. The van der Waals surface area contributed by atoms with Crippen LogP contribution in [0.1, 0.15) is 0 Å². The number of furan rings is 1. The van der Waals surface area contributed by atoms with Gasteiger partial charge in [-0.25, -0.2) is 0 Å². The average Bonchev–Trinajstić information content (AvgIpc) is 3.17. The van der Waals surface area contributed by atoms with Crippen molar-refractivity contribution in [2.24, 2.45) is 0 Å². The zero-order valence-corrected chi connectivity index (χ0v) is 11.3. The average molecular weight is 293 g/mol. The number of aliphatic hydroxyl groups is 1. The number of tetrazole rings is 1. The smallest absolute Gasteiger partial charge is 0.246 e. The van der Waals surface area contributed by atoms with Gasteiger partial charge in [0.15, 0.2) is 5.76 Å². The van der Waals surface area contributed by atoms with Crippen molar-refractivity contribution in [3.05, 3.63) is 18.4 Å². The fraction of sp³-hybridized carbons (Fsp3) is 0.500. The number of nitrogens with zero attached hydrogens (tertiary/aromatic N) is 5. The lowest BCUT2D eigenvalue weighted by Crippen LogP contribution is -2.51. The molecule has 1 saturated heterocycles. The Bertz CT molecular complexity index is 597. The van der Waals surface area contributed by atoms with Gasteiger partial charge in [-0.3, -0.25) is 4.79 Å². The molecule has 0 radical (unpaired) electrons. The molecule has 1 aliphatic rings. The predicted molar refractivity (Wildman–Crippen MR) is 68.9 cm³/mol. The lowest BCUT2D eigenvalue weighted by molar-refractivity contribution is -0.142. The molecule has 2 aromatic rings. The molecule has 0 bridgehead atoms. The third-order valence-corrected chi connectivity index (χ3v) is 3.23. The second-order valence-corrected chi connectivity index (χ2v) is 4.62. The summed E-state index contributed by atoms with van der Waals surface area (Å²) in [5, 5.41) is 21.0. The van der Waals surface area contributed by atoms with Crippen molar-refractivity contribution in [3.63, 3.8) is 0 Å². The molecule has 9 heteroatoms. The normalized spacial score (nSPS) is 18.9. The van der Waals surface area contributed by atoms with Gasteiger partial charge in [0.05, 0.1) is 32.1 Å². The van der Waals surface area contributed by atoms with Crippen LogP contribution in [0, 0.1) is 0 Å². The van der Waals surface area contributed by atoms with Crippen LogP contribution in [0.2, 0.25) is 0 Å². The van der Waals surface area contributed by atoms with Gasteiger partial charge in [-0.1, -0.05) is 0 Å². The maximum Gasteiger partial charge on any atom is 0.246 e. The third kappa shape index (κ3) is 2.93. The van der Waals surface area contributed by atoms with Gasteiger partial charge in [0.2, 0.25) is 11.7 Å². The summed E-state index contributed by atoms with van der Waals surface area (Å²) in [5.74, 6) is 0.641. The molecule has 1 fully saturated rings. The minimum absolute atomic E-state index is 0.0375. The molecule has 2 aromatic heterocycles. The van der Waals surface area contributed by atoms with Gasteiger partial charge in [0, 0.05) is 6.54 Å². The minimum Gasteiger partial charge on any atom is -0.461 e. The number of aliphatic hydroxyl groups excluding tert-OH is 1. The molecule has 0 saturated carbocycles. The first kappa shape index (κ1) is 13.7. The topological polar surface area (TPSA) is 107 Å². The molecule has 1 N–H and O–H groups in total. The molecule has 1 aliphatic heterocycles. The van der Waals surface area contributed by atoms with Gasteiger partial charge in [-0.15, -0.1) is 10.2 Å². The molecule has 21 heavy (non-hydrogen) atoms. The lowest BCUT2D eigenvalue weighted by atomic mass is 10.2. The standard InChI is InChI=1S/C12H15N5O4/c18-7-9-8-20-5-3-16(9)11(19)6-17-14-12(13-15-17)10-2-1-4-21-10/h1-2,4,9,18H,3,5-8H2. The summed E-state index contributed by atoms with van der Waals surface area (Å²) in [6.45, 7) is 1.08. The van der Waals surface area contributed by atoms with Crippen LogP contribution in [0.5, 0.6) is 0 Å². The van der Waals surface area contributed by atoms with E-state index in [1.807, 2.05) is 0 Å². The van der Waals surface area contributed by atoms with E-state index in [0.717, 1.165) is 0 Å². The van der Waals surface area contributed by atoms with E-state index in [2.05, 4.69) is 15.4 Å². The number of aromatic nitrogens is 4. The fourth-order valence-corrected chi connectivity index (χ4v) is 2.16. The van der Waals surface area contributed by atoms with Crippen molar-refractivity contribution in [1.82, 2.24) is 25.1 Å². The molecule has 0 aliphatic carbocycles. The van der Waals surface area contributed by atoms with E-state index in [1.54, 1.807) is 17.0 Å². The van der Waals surface area contributed by atoms with E-state index in [4.69, 9.17) is 9.15 Å². The Morgan fingerprint density at radius 3 is 3.19 bits per heavy atom. The summed E-state index contributed by atoms with van der Waals surface area (Å²) in [6, 6.07) is 3.12. The summed E-state index contributed by atoms with van der Waals surface area (Å²) in [5.41, 5.74) is 0. The van der Waals surface area contributed by atoms with E-state index in [1.165, 1.54) is 11.1 Å². The van der Waals surface area contributed by atoms with Crippen LogP contribution >= 0.6 is 0 Å². The van der Waals surface area contributed by atoms with Crippen LogP contribution in [0.3, 0.4) is 0 Å². The fourth-order valence-electron chi connectivity index (χ4n) is 2.16. The van der Waals surface area contributed by atoms with Crippen molar-refractivity contribution in [2.45, 2.75) is 12.6 Å². The zero-order chi connectivity index (χ0) is 14.7. The van der Waals surface area contributed by atoms with Crippen LogP contribution in [0.15, 0.2) is 22.8 Å². The minimum atomic E-state index is -0.320. The molecule has 1 unspecified atom stereocenters. The van der Waals surface area contributed by atoms with E-state index < -0.39 is 0 Å². The Kier molecular flexibility index (Phi) is 3.93. The lowest BCUT2D eigenvalue weighted by Gasteiger charge is -2.34. The first-order valence-electron chi connectivity index (χ1n) is 6.57. The molecular formula is C12H15N5O4. The van der Waals surface area contributed by atoms with E-state index in [0.29, 0.717) is 31.3 Å². The van der Waals surface area contributed by atoms with Crippen LogP contribution in [-0.2, 0) is 16.1 Å². The number of hydrogen-bond acceptors (Lipinski definition) is 7. The Hall–Kier alpha value is -2.26. The van der Waals surface area contributed by atoms with Gasteiger partial charge < -0.3 is 19.2 Å². The van der Waals surface area contributed by atoms with Gasteiger partial charge in [-0.2, -0.15) is 4.80 Å². The highest BCUT2D eigenvalue weighted by Gasteiger charge is 2.27. The van der Waals surface area contributed by atoms with Gasteiger partial charge in [0.1, 0.15) is 6.54 Å². The first-order chi connectivity index (χ1) is 10.3. The van der Waals surface area contributed by atoms with Crippen LogP contribution in [0.25, 0.3) is 11.6 Å². The molecule has 3 rings (SSSR count). The number of ether oxygens (including phenoxy) is 1. The van der Waals surface area contributed by atoms with Gasteiger partial charge in [-0.05, 0) is 17.3 Å². The largest absolute Gasteiger partial charge is 0.461 e. The van der Waals surface area contributed by atoms with Crippen LogP contribution in [0.4, 0.5) is 0 Å². The second kappa shape index (κ2) is 6.02. The van der Waals surface area contributed by atoms with Crippen molar-refractivity contribution in [1.29, 1.82) is 0 Å². The van der Waals surface area contributed by atoms with Crippen molar-refractivity contribution in [3.8, 4) is 11.6 Å².